The smallest absolute Gasteiger partial charge is 0.335 e. The van der Waals surface area contributed by atoms with E-state index >= 15 is 0 Å². The number of sulfonamides is 1. The summed E-state index contributed by atoms with van der Waals surface area (Å²) in [6.45, 7) is 0. The summed E-state index contributed by atoms with van der Waals surface area (Å²) in [5.74, 6) is -1.07. The molecule has 0 spiro atoms. The van der Waals surface area contributed by atoms with E-state index in [9.17, 15) is 13.2 Å². The number of aromatic carboxylic acids is 1. The number of rotatable bonds is 6. The van der Waals surface area contributed by atoms with Gasteiger partial charge in [-0.3, -0.25) is 9.82 Å². The van der Waals surface area contributed by atoms with Crippen LogP contribution in [0.3, 0.4) is 0 Å². The number of carboxylic acid groups (broad SMARTS) is 1. The minimum absolute atomic E-state index is 0.0551. The zero-order valence-corrected chi connectivity index (χ0v) is 12.5. The van der Waals surface area contributed by atoms with Crippen molar-refractivity contribution >= 4 is 21.7 Å². The van der Waals surface area contributed by atoms with E-state index in [-0.39, 0.29) is 27.6 Å². The van der Waals surface area contributed by atoms with Gasteiger partial charge in [0.15, 0.2) is 11.5 Å². The fraction of sp³-hybridized carbons (Fsp3) is 0.167. The van der Waals surface area contributed by atoms with Gasteiger partial charge >= 0.3 is 5.97 Å². The molecule has 0 aliphatic carbocycles. The van der Waals surface area contributed by atoms with Gasteiger partial charge in [-0.1, -0.05) is 0 Å². The third-order valence-corrected chi connectivity index (χ3v) is 4.09. The first-order valence-corrected chi connectivity index (χ1v) is 7.38. The lowest BCUT2D eigenvalue weighted by Gasteiger charge is -2.15. The SMILES string of the molecule is COc1cc(C(=O)O)cc(NS(=O)(=O)c2cn[nH]c2)c1OC. The molecule has 1 aromatic carbocycles. The third-order valence-electron chi connectivity index (χ3n) is 2.75. The number of carbonyl (C=O) groups is 1. The Bertz CT molecular complexity index is 785. The number of hydrogen-bond donors (Lipinski definition) is 3. The topological polar surface area (TPSA) is 131 Å². The van der Waals surface area contributed by atoms with Gasteiger partial charge in [0.1, 0.15) is 4.90 Å². The molecule has 1 aromatic heterocycles. The number of anilines is 1. The average molecular weight is 327 g/mol. The quantitative estimate of drug-likeness (QED) is 0.719. The van der Waals surface area contributed by atoms with Crippen LogP contribution in [0, 0.1) is 0 Å². The number of nitrogens with zero attached hydrogens (tertiary/aromatic N) is 1. The lowest BCUT2D eigenvalue weighted by Crippen LogP contribution is -2.14. The molecule has 10 heteroatoms. The Morgan fingerprint density at radius 1 is 1.32 bits per heavy atom. The number of nitrogens with one attached hydrogen (secondary N) is 2. The predicted octanol–water partition coefficient (Wildman–Crippen LogP) is 0.926. The van der Waals surface area contributed by atoms with Crippen LogP contribution in [0.4, 0.5) is 5.69 Å². The molecule has 0 saturated carbocycles. The van der Waals surface area contributed by atoms with Crippen molar-refractivity contribution in [3.63, 3.8) is 0 Å². The summed E-state index contributed by atoms with van der Waals surface area (Å²) in [7, 11) is -1.31. The summed E-state index contributed by atoms with van der Waals surface area (Å²) in [6.07, 6.45) is 2.31. The van der Waals surface area contributed by atoms with Crippen LogP contribution in [0.15, 0.2) is 29.4 Å². The summed E-state index contributed by atoms with van der Waals surface area (Å²) in [4.78, 5) is 11.0. The predicted molar refractivity (Wildman–Crippen MR) is 75.9 cm³/mol. The molecular formula is C12H13N3O6S. The molecule has 22 heavy (non-hydrogen) atoms. The Morgan fingerprint density at radius 3 is 2.55 bits per heavy atom. The highest BCUT2D eigenvalue weighted by Crippen LogP contribution is 2.37. The van der Waals surface area contributed by atoms with E-state index in [0.29, 0.717) is 0 Å². The number of benzene rings is 1. The van der Waals surface area contributed by atoms with Gasteiger partial charge < -0.3 is 14.6 Å². The van der Waals surface area contributed by atoms with E-state index in [1.54, 1.807) is 0 Å². The molecule has 0 saturated heterocycles. The summed E-state index contributed by atoms with van der Waals surface area (Å²) in [5, 5.41) is 15.0. The highest BCUT2D eigenvalue weighted by molar-refractivity contribution is 7.92. The molecule has 2 rings (SSSR count). The van der Waals surface area contributed by atoms with Gasteiger partial charge in [-0.2, -0.15) is 5.10 Å². The van der Waals surface area contributed by atoms with E-state index in [0.717, 1.165) is 12.3 Å². The molecular weight excluding hydrogens is 314 g/mol. The van der Waals surface area contributed by atoms with Gasteiger partial charge in [-0.05, 0) is 12.1 Å². The summed E-state index contributed by atoms with van der Waals surface area (Å²) >= 11 is 0. The van der Waals surface area contributed by atoms with Crippen molar-refractivity contribution in [1.29, 1.82) is 0 Å². The Balaban J connectivity index is 2.54. The maximum absolute atomic E-state index is 12.2. The van der Waals surface area contributed by atoms with Crippen LogP contribution in [-0.4, -0.2) is 43.9 Å². The fourth-order valence-electron chi connectivity index (χ4n) is 1.75. The maximum atomic E-state index is 12.2. The number of aromatic amines is 1. The Morgan fingerprint density at radius 2 is 2.05 bits per heavy atom. The highest BCUT2D eigenvalue weighted by atomic mass is 32.2. The second-order valence-corrected chi connectivity index (χ2v) is 5.79. The maximum Gasteiger partial charge on any atom is 0.335 e. The lowest BCUT2D eigenvalue weighted by molar-refractivity contribution is 0.0696. The molecule has 1 heterocycles. The van der Waals surface area contributed by atoms with Crippen LogP contribution >= 0.6 is 0 Å². The number of H-pyrrole nitrogens is 1. The van der Waals surface area contributed by atoms with Crippen LogP contribution < -0.4 is 14.2 Å². The van der Waals surface area contributed by atoms with E-state index < -0.39 is 16.0 Å². The first-order chi connectivity index (χ1) is 10.4. The van der Waals surface area contributed by atoms with Gasteiger partial charge in [0.2, 0.25) is 0 Å². The Labute approximate surface area is 125 Å². The third kappa shape index (κ3) is 2.96. The summed E-state index contributed by atoms with van der Waals surface area (Å²) in [6, 6.07) is 2.37. The fourth-order valence-corrected chi connectivity index (χ4v) is 2.71. The number of aromatic nitrogens is 2. The summed E-state index contributed by atoms with van der Waals surface area (Å²) < 4.78 is 36.8. The molecule has 0 atom stereocenters. The number of carboxylic acids is 1. The molecule has 118 valence electrons. The monoisotopic (exact) mass is 327 g/mol. The zero-order chi connectivity index (χ0) is 16.3. The van der Waals surface area contributed by atoms with Gasteiger partial charge in [0.05, 0.1) is 31.7 Å². The standard InChI is InChI=1S/C12H13N3O6S/c1-20-10-4-7(12(16)17)3-9(11(10)21-2)15-22(18,19)8-5-13-14-6-8/h3-6,15H,1-2H3,(H,13,14)(H,16,17). The molecule has 0 radical (unpaired) electrons. The number of methoxy groups -OCH3 is 2. The van der Waals surface area contributed by atoms with Gasteiger partial charge in [0.25, 0.3) is 10.0 Å². The molecule has 0 bridgehead atoms. The molecule has 0 unspecified atom stereocenters. The number of ether oxygens (including phenoxy) is 2. The second kappa shape index (κ2) is 5.93. The molecule has 0 fully saturated rings. The van der Waals surface area contributed by atoms with E-state index in [4.69, 9.17) is 14.6 Å². The van der Waals surface area contributed by atoms with Gasteiger partial charge in [-0.15, -0.1) is 0 Å². The largest absolute Gasteiger partial charge is 0.493 e. The molecule has 0 amide bonds. The van der Waals surface area contributed by atoms with Crippen molar-refractivity contribution in [3.8, 4) is 11.5 Å². The Hall–Kier alpha value is -2.75. The molecule has 2 aromatic rings. The van der Waals surface area contributed by atoms with Crippen LogP contribution in [-0.2, 0) is 10.0 Å². The van der Waals surface area contributed by atoms with Crippen molar-refractivity contribution in [3.05, 3.63) is 30.1 Å². The normalized spacial score (nSPS) is 11.0. The first kappa shape index (κ1) is 15.6. The highest BCUT2D eigenvalue weighted by Gasteiger charge is 2.22. The van der Waals surface area contributed by atoms with Gasteiger partial charge in [-0.25, -0.2) is 13.2 Å². The Kier molecular flexibility index (Phi) is 4.22. The van der Waals surface area contributed by atoms with Gasteiger partial charge in [0, 0.05) is 6.20 Å². The van der Waals surface area contributed by atoms with E-state index in [2.05, 4.69) is 14.9 Å². The van der Waals surface area contributed by atoms with Crippen LogP contribution in [0.2, 0.25) is 0 Å². The first-order valence-electron chi connectivity index (χ1n) is 5.90. The molecule has 0 aliphatic heterocycles. The second-order valence-electron chi connectivity index (χ2n) is 4.10. The van der Waals surface area contributed by atoms with E-state index in [1.807, 2.05) is 0 Å². The van der Waals surface area contributed by atoms with Crippen LogP contribution in [0.25, 0.3) is 0 Å². The average Bonchev–Trinajstić information content (AvgIpc) is 3.00. The molecule has 9 nitrogen and oxygen atoms in total. The van der Waals surface area contributed by atoms with Crippen molar-refractivity contribution in [1.82, 2.24) is 10.2 Å². The minimum Gasteiger partial charge on any atom is -0.493 e. The van der Waals surface area contributed by atoms with Crippen molar-refractivity contribution in [2.45, 2.75) is 4.90 Å². The molecule has 3 N–H and O–H groups in total. The number of hydrogen-bond acceptors (Lipinski definition) is 6. The van der Waals surface area contributed by atoms with Crippen molar-refractivity contribution < 1.29 is 27.8 Å². The minimum atomic E-state index is -3.94. The van der Waals surface area contributed by atoms with Crippen LogP contribution in [0.5, 0.6) is 11.5 Å². The van der Waals surface area contributed by atoms with Crippen molar-refractivity contribution in [2.24, 2.45) is 0 Å². The van der Waals surface area contributed by atoms with E-state index in [1.165, 1.54) is 26.5 Å². The van der Waals surface area contributed by atoms with Crippen LogP contribution in [0.1, 0.15) is 10.4 Å². The van der Waals surface area contributed by atoms with Crippen molar-refractivity contribution in [2.75, 3.05) is 18.9 Å². The zero-order valence-electron chi connectivity index (χ0n) is 11.7. The molecule has 0 aliphatic rings. The summed E-state index contributed by atoms with van der Waals surface area (Å²) in [5.41, 5.74) is -0.206. The lowest BCUT2D eigenvalue weighted by atomic mass is 10.1.